The number of ether oxygens (including phenoxy) is 1. The van der Waals surface area contributed by atoms with E-state index in [2.05, 4.69) is 24.4 Å². The highest BCUT2D eigenvalue weighted by Crippen LogP contribution is 2.25. The molecular weight excluding hydrogens is 310 g/mol. The molecule has 0 bridgehead atoms. The van der Waals surface area contributed by atoms with Crippen molar-refractivity contribution in [2.45, 2.75) is 32.9 Å². The molecule has 2 aromatic carbocycles. The SMILES string of the molecule is Cc1cc(OC[C@H](O)C[NH2+][C@@H](C)c2ccccc2)cc(C)c1Cl. The summed E-state index contributed by atoms with van der Waals surface area (Å²) in [6.45, 7) is 6.91. The van der Waals surface area contributed by atoms with Crippen molar-refractivity contribution in [3.63, 3.8) is 0 Å². The number of benzene rings is 2. The molecule has 2 rings (SSSR count). The van der Waals surface area contributed by atoms with E-state index in [9.17, 15) is 5.11 Å². The molecule has 4 heteroatoms. The summed E-state index contributed by atoms with van der Waals surface area (Å²) >= 11 is 6.15. The smallest absolute Gasteiger partial charge is 0.137 e. The molecule has 0 radical (unpaired) electrons. The number of aliphatic hydroxyl groups is 1. The normalized spacial score (nSPS) is 13.6. The lowest BCUT2D eigenvalue weighted by Gasteiger charge is -2.16. The first-order chi connectivity index (χ1) is 11.0. The Morgan fingerprint density at radius 3 is 2.35 bits per heavy atom. The molecule has 0 aromatic heterocycles. The van der Waals surface area contributed by atoms with E-state index in [-0.39, 0.29) is 6.61 Å². The zero-order chi connectivity index (χ0) is 16.8. The summed E-state index contributed by atoms with van der Waals surface area (Å²) in [7, 11) is 0. The van der Waals surface area contributed by atoms with Gasteiger partial charge < -0.3 is 15.2 Å². The largest absolute Gasteiger partial charge is 0.491 e. The van der Waals surface area contributed by atoms with Crippen LogP contribution in [0, 0.1) is 13.8 Å². The highest BCUT2D eigenvalue weighted by Gasteiger charge is 2.13. The van der Waals surface area contributed by atoms with Crippen LogP contribution in [-0.2, 0) is 0 Å². The van der Waals surface area contributed by atoms with Gasteiger partial charge >= 0.3 is 0 Å². The standard InChI is InChI=1S/C19H24ClNO2/c1-13-9-18(10-14(2)19(13)20)23-12-17(22)11-21-15(3)16-7-5-4-6-8-16/h4-10,15,17,21-22H,11-12H2,1-3H3/p+1/t15-,17+/m0/s1. The van der Waals surface area contributed by atoms with Crippen molar-refractivity contribution in [3.05, 3.63) is 64.2 Å². The van der Waals surface area contributed by atoms with Gasteiger partial charge in [0.25, 0.3) is 0 Å². The number of hydrogen-bond acceptors (Lipinski definition) is 2. The summed E-state index contributed by atoms with van der Waals surface area (Å²) in [5.41, 5.74) is 3.23. The van der Waals surface area contributed by atoms with Crippen molar-refractivity contribution >= 4 is 11.6 Å². The molecule has 0 fully saturated rings. The molecule has 0 unspecified atom stereocenters. The van der Waals surface area contributed by atoms with Gasteiger partial charge in [0.2, 0.25) is 0 Å². The molecule has 0 heterocycles. The van der Waals surface area contributed by atoms with Gasteiger partial charge in [-0.25, -0.2) is 0 Å². The second kappa shape index (κ2) is 8.34. The van der Waals surface area contributed by atoms with Gasteiger partial charge in [0.05, 0.1) is 0 Å². The molecule has 3 N–H and O–H groups in total. The van der Waals surface area contributed by atoms with Crippen LogP contribution in [0.2, 0.25) is 5.02 Å². The van der Waals surface area contributed by atoms with E-state index in [1.54, 1.807) is 0 Å². The van der Waals surface area contributed by atoms with Gasteiger partial charge in [-0.1, -0.05) is 41.9 Å². The minimum Gasteiger partial charge on any atom is -0.491 e. The van der Waals surface area contributed by atoms with Gasteiger partial charge in [0.1, 0.15) is 31.0 Å². The Kier molecular flexibility index (Phi) is 6.46. The van der Waals surface area contributed by atoms with Gasteiger partial charge in [-0.2, -0.15) is 0 Å². The predicted molar refractivity (Wildman–Crippen MR) is 94.1 cm³/mol. The highest BCUT2D eigenvalue weighted by atomic mass is 35.5. The Labute approximate surface area is 143 Å². The molecule has 0 aliphatic carbocycles. The van der Waals surface area contributed by atoms with Crippen LogP contribution in [0.4, 0.5) is 0 Å². The topological polar surface area (TPSA) is 46.1 Å². The molecule has 3 nitrogen and oxygen atoms in total. The van der Waals surface area contributed by atoms with E-state index in [4.69, 9.17) is 16.3 Å². The minimum absolute atomic E-state index is 0.276. The molecule has 0 aliphatic rings. The van der Waals surface area contributed by atoms with Gasteiger partial charge in [0.15, 0.2) is 0 Å². The van der Waals surface area contributed by atoms with Crippen molar-refractivity contribution in [1.82, 2.24) is 0 Å². The Hall–Kier alpha value is -1.55. The number of nitrogens with two attached hydrogens (primary N) is 1. The third-order valence-electron chi connectivity index (χ3n) is 3.94. The summed E-state index contributed by atoms with van der Waals surface area (Å²) in [5.74, 6) is 0.750. The first kappa shape index (κ1) is 17.8. The fraction of sp³-hybridized carbons (Fsp3) is 0.368. The first-order valence-corrected chi connectivity index (χ1v) is 8.31. The second-order valence-corrected chi connectivity index (χ2v) is 6.38. The fourth-order valence-corrected chi connectivity index (χ4v) is 2.61. The summed E-state index contributed by atoms with van der Waals surface area (Å²) < 4.78 is 5.69. The number of hydrogen-bond donors (Lipinski definition) is 2. The number of rotatable bonds is 7. The van der Waals surface area contributed by atoms with Crippen molar-refractivity contribution < 1.29 is 15.2 Å². The van der Waals surface area contributed by atoms with Gasteiger partial charge in [-0.15, -0.1) is 0 Å². The van der Waals surface area contributed by atoms with Crippen molar-refractivity contribution in [2.75, 3.05) is 13.2 Å². The van der Waals surface area contributed by atoms with Crippen LogP contribution < -0.4 is 10.1 Å². The van der Waals surface area contributed by atoms with Crippen LogP contribution in [0.3, 0.4) is 0 Å². The summed E-state index contributed by atoms with van der Waals surface area (Å²) in [5, 5.41) is 13.0. The Balaban J connectivity index is 1.80. The molecule has 0 aliphatic heterocycles. The summed E-state index contributed by atoms with van der Waals surface area (Å²) in [6.07, 6.45) is -0.516. The Morgan fingerprint density at radius 2 is 1.74 bits per heavy atom. The lowest BCUT2D eigenvalue weighted by molar-refractivity contribution is -0.698. The van der Waals surface area contributed by atoms with Crippen molar-refractivity contribution in [1.29, 1.82) is 0 Å². The van der Waals surface area contributed by atoms with Crippen LogP contribution in [0.1, 0.15) is 29.7 Å². The minimum atomic E-state index is -0.516. The van der Waals surface area contributed by atoms with E-state index in [1.165, 1.54) is 5.56 Å². The number of aliphatic hydroxyl groups excluding tert-OH is 1. The second-order valence-electron chi connectivity index (χ2n) is 6.01. The van der Waals surface area contributed by atoms with Crippen molar-refractivity contribution in [2.24, 2.45) is 0 Å². The molecule has 0 saturated heterocycles. The van der Waals surface area contributed by atoms with E-state index in [0.717, 1.165) is 21.9 Å². The number of aryl methyl sites for hydroxylation is 2. The molecule has 0 saturated carbocycles. The maximum absolute atomic E-state index is 10.1. The van der Waals surface area contributed by atoms with Gasteiger partial charge in [-0.05, 0) is 44.0 Å². The average molecular weight is 335 g/mol. The molecular formula is C19H25ClNO2+. The average Bonchev–Trinajstić information content (AvgIpc) is 2.56. The fourth-order valence-electron chi connectivity index (χ4n) is 2.50. The lowest BCUT2D eigenvalue weighted by atomic mass is 10.1. The molecule has 2 aromatic rings. The van der Waals surface area contributed by atoms with Crippen LogP contribution in [0.15, 0.2) is 42.5 Å². The quantitative estimate of drug-likeness (QED) is 0.817. The first-order valence-electron chi connectivity index (χ1n) is 7.93. The van der Waals surface area contributed by atoms with Crippen LogP contribution in [0.5, 0.6) is 5.75 Å². The molecule has 124 valence electrons. The third kappa shape index (κ3) is 5.24. The van der Waals surface area contributed by atoms with E-state index in [1.807, 2.05) is 44.2 Å². The molecule has 23 heavy (non-hydrogen) atoms. The molecule has 0 amide bonds. The Bertz CT molecular complexity index is 608. The monoisotopic (exact) mass is 334 g/mol. The third-order valence-corrected chi connectivity index (χ3v) is 4.54. The molecule has 2 atom stereocenters. The van der Waals surface area contributed by atoms with E-state index in [0.29, 0.717) is 12.6 Å². The maximum Gasteiger partial charge on any atom is 0.137 e. The Morgan fingerprint density at radius 1 is 1.13 bits per heavy atom. The maximum atomic E-state index is 10.1. The van der Waals surface area contributed by atoms with Gasteiger partial charge in [-0.3, -0.25) is 0 Å². The summed E-state index contributed by atoms with van der Waals surface area (Å²) in [4.78, 5) is 0. The van der Waals surface area contributed by atoms with Crippen LogP contribution in [-0.4, -0.2) is 24.4 Å². The van der Waals surface area contributed by atoms with E-state index < -0.39 is 6.10 Å². The zero-order valence-electron chi connectivity index (χ0n) is 13.9. The lowest BCUT2D eigenvalue weighted by Crippen LogP contribution is -2.87. The van der Waals surface area contributed by atoms with Gasteiger partial charge in [0, 0.05) is 10.6 Å². The summed E-state index contributed by atoms with van der Waals surface area (Å²) in [6, 6.07) is 14.4. The predicted octanol–water partition coefficient (Wildman–Crippen LogP) is 3.02. The molecule has 0 spiro atoms. The zero-order valence-corrected chi connectivity index (χ0v) is 14.7. The number of halogens is 1. The van der Waals surface area contributed by atoms with Crippen LogP contribution in [0.25, 0.3) is 0 Å². The van der Waals surface area contributed by atoms with E-state index >= 15 is 0 Å². The highest BCUT2D eigenvalue weighted by molar-refractivity contribution is 6.32. The number of quaternary nitrogens is 1. The van der Waals surface area contributed by atoms with Crippen molar-refractivity contribution in [3.8, 4) is 5.75 Å². The van der Waals surface area contributed by atoms with Crippen LogP contribution >= 0.6 is 11.6 Å².